The van der Waals surface area contributed by atoms with Gasteiger partial charge in [0, 0.05) is 0 Å². The van der Waals surface area contributed by atoms with Gasteiger partial charge in [-0.25, -0.2) is 0 Å². The Bertz CT molecular complexity index is 491. The first-order chi connectivity index (χ1) is 11.5. The average molecular weight is 334 g/mol. The van der Waals surface area contributed by atoms with Gasteiger partial charge in [-0.1, -0.05) is 58.6 Å². The Morgan fingerprint density at radius 2 is 1.54 bits per heavy atom. The second-order valence-corrected chi connectivity index (χ2v) is 6.33. The van der Waals surface area contributed by atoms with E-state index in [1.165, 1.54) is 24.8 Å². The fraction of sp³-hybridized carbons (Fsp3) is 0.600. The maximum atomic E-state index is 11.8. The third-order valence-corrected chi connectivity index (χ3v) is 3.82. The van der Waals surface area contributed by atoms with Crippen molar-refractivity contribution in [3.63, 3.8) is 0 Å². The Balaban J connectivity index is 2.17. The van der Waals surface area contributed by atoms with E-state index in [2.05, 4.69) is 20.8 Å². The highest BCUT2D eigenvalue weighted by Gasteiger charge is 2.10. The predicted octanol–water partition coefficient (Wildman–Crippen LogP) is 5.01. The van der Waals surface area contributed by atoms with E-state index in [4.69, 9.17) is 9.47 Å². The number of ether oxygens (including phenoxy) is 2. The molecule has 0 aliphatic rings. The maximum Gasteiger partial charge on any atom is 0.311 e. The first-order valence-corrected chi connectivity index (χ1v) is 8.99. The number of unbranched alkanes of at least 4 members (excludes halogenated alkanes) is 4. The van der Waals surface area contributed by atoms with Crippen molar-refractivity contribution in [2.45, 2.75) is 71.6 Å². The lowest BCUT2D eigenvalue weighted by molar-refractivity contribution is -0.147. The molecule has 0 fully saturated rings. The molecule has 0 saturated carbocycles. The van der Waals surface area contributed by atoms with Gasteiger partial charge in [0.2, 0.25) is 0 Å². The van der Waals surface area contributed by atoms with Crippen LogP contribution in [0.5, 0.6) is 5.75 Å². The zero-order chi connectivity index (χ0) is 17.8. The number of carbonyl (C=O) groups is 2. The summed E-state index contributed by atoms with van der Waals surface area (Å²) in [7, 11) is 0. The first-order valence-electron chi connectivity index (χ1n) is 8.99. The lowest BCUT2D eigenvalue weighted by atomic mass is 10.0. The number of esters is 2. The summed E-state index contributed by atoms with van der Waals surface area (Å²) >= 11 is 0. The molecule has 0 spiro atoms. The molecule has 1 aromatic carbocycles. The molecular weight excluding hydrogens is 304 g/mol. The van der Waals surface area contributed by atoms with Gasteiger partial charge in [0.25, 0.3) is 0 Å². The van der Waals surface area contributed by atoms with Gasteiger partial charge >= 0.3 is 11.9 Å². The Morgan fingerprint density at radius 1 is 0.917 bits per heavy atom. The highest BCUT2D eigenvalue weighted by Crippen LogP contribution is 2.19. The zero-order valence-corrected chi connectivity index (χ0v) is 15.2. The van der Waals surface area contributed by atoms with Gasteiger partial charge in [0.15, 0.2) is 0 Å². The summed E-state index contributed by atoms with van der Waals surface area (Å²) in [6, 6.07) is 7.45. The van der Waals surface area contributed by atoms with Crippen molar-refractivity contribution in [2.75, 3.05) is 6.61 Å². The molecule has 0 aliphatic carbocycles. The molecule has 0 aliphatic heterocycles. The van der Waals surface area contributed by atoms with Crippen molar-refractivity contribution in [1.29, 1.82) is 0 Å². The van der Waals surface area contributed by atoms with E-state index in [1.807, 2.05) is 12.1 Å². The molecule has 0 heterocycles. The van der Waals surface area contributed by atoms with Gasteiger partial charge in [-0.3, -0.25) is 9.59 Å². The highest BCUT2D eigenvalue weighted by atomic mass is 16.5. The normalized spacial score (nSPS) is 10.7. The van der Waals surface area contributed by atoms with Gasteiger partial charge in [-0.15, -0.1) is 0 Å². The van der Waals surface area contributed by atoms with Crippen molar-refractivity contribution < 1.29 is 19.1 Å². The minimum absolute atomic E-state index is 0.0423. The van der Waals surface area contributed by atoms with E-state index in [9.17, 15) is 9.59 Å². The summed E-state index contributed by atoms with van der Waals surface area (Å²) in [5, 5.41) is 0. The number of rotatable bonds is 11. The first kappa shape index (κ1) is 20.2. The molecule has 4 heteroatoms. The smallest absolute Gasteiger partial charge is 0.311 e. The van der Waals surface area contributed by atoms with Crippen LogP contribution < -0.4 is 4.74 Å². The van der Waals surface area contributed by atoms with Crippen LogP contribution in [-0.2, 0) is 14.3 Å². The van der Waals surface area contributed by atoms with E-state index in [-0.39, 0.29) is 18.8 Å². The Kier molecular flexibility index (Phi) is 9.81. The minimum atomic E-state index is -0.410. The number of hydrogen-bond donors (Lipinski definition) is 0. The quantitative estimate of drug-likeness (QED) is 0.324. The van der Waals surface area contributed by atoms with Crippen LogP contribution in [0, 0.1) is 0 Å². The molecule has 0 N–H and O–H groups in total. The summed E-state index contributed by atoms with van der Waals surface area (Å²) < 4.78 is 10.3. The summed E-state index contributed by atoms with van der Waals surface area (Å²) in [6.45, 7) is 6.82. The van der Waals surface area contributed by atoms with Gasteiger partial charge in [-0.2, -0.15) is 0 Å². The fourth-order valence-corrected chi connectivity index (χ4v) is 2.27. The van der Waals surface area contributed by atoms with Crippen LogP contribution in [0.2, 0.25) is 0 Å². The maximum absolute atomic E-state index is 11.8. The Labute approximate surface area is 145 Å². The molecular formula is C20H30O4. The van der Waals surface area contributed by atoms with Gasteiger partial charge in [-0.05, 0) is 30.0 Å². The largest absolute Gasteiger partial charge is 0.466 e. The molecule has 4 nitrogen and oxygen atoms in total. The van der Waals surface area contributed by atoms with Crippen molar-refractivity contribution in [3.8, 4) is 5.75 Å². The van der Waals surface area contributed by atoms with Crippen molar-refractivity contribution >= 4 is 11.9 Å². The molecule has 0 bridgehead atoms. The molecule has 0 unspecified atom stereocenters. The standard InChI is InChI=1S/C20H30O4/c1-4-5-6-7-8-15-23-19(21)13-14-20(22)24-18-11-9-17(10-12-18)16(2)3/h9-12,16H,4-8,13-15H2,1-3H3. The molecule has 0 saturated heterocycles. The van der Waals surface area contributed by atoms with Crippen LogP contribution in [0.4, 0.5) is 0 Å². The second kappa shape index (κ2) is 11.7. The van der Waals surface area contributed by atoms with Crippen molar-refractivity contribution in [2.24, 2.45) is 0 Å². The number of hydrogen-bond acceptors (Lipinski definition) is 4. The molecule has 24 heavy (non-hydrogen) atoms. The van der Waals surface area contributed by atoms with Crippen LogP contribution in [0.1, 0.15) is 77.2 Å². The van der Waals surface area contributed by atoms with E-state index >= 15 is 0 Å². The van der Waals surface area contributed by atoms with Crippen LogP contribution in [0.3, 0.4) is 0 Å². The summed E-state index contributed by atoms with van der Waals surface area (Å²) in [5.41, 5.74) is 1.19. The lowest BCUT2D eigenvalue weighted by Crippen LogP contribution is -2.12. The molecule has 0 aromatic heterocycles. The molecule has 1 rings (SSSR count). The van der Waals surface area contributed by atoms with Crippen molar-refractivity contribution in [3.05, 3.63) is 29.8 Å². The summed E-state index contributed by atoms with van der Waals surface area (Å²) in [6.07, 6.45) is 5.67. The Morgan fingerprint density at radius 3 is 2.17 bits per heavy atom. The molecule has 0 atom stereocenters. The van der Waals surface area contributed by atoms with E-state index in [0.29, 0.717) is 18.3 Å². The number of carbonyl (C=O) groups excluding carboxylic acids is 2. The van der Waals surface area contributed by atoms with Crippen molar-refractivity contribution in [1.82, 2.24) is 0 Å². The van der Waals surface area contributed by atoms with Gasteiger partial charge in [0.05, 0.1) is 19.4 Å². The molecule has 1 aromatic rings. The topological polar surface area (TPSA) is 52.6 Å². The third-order valence-electron chi connectivity index (χ3n) is 3.82. The monoisotopic (exact) mass is 334 g/mol. The summed E-state index contributed by atoms with van der Waals surface area (Å²) in [5.74, 6) is 0.199. The minimum Gasteiger partial charge on any atom is -0.466 e. The lowest BCUT2D eigenvalue weighted by Gasteiger charge is -2.08. The van der Waals surface area contributed by atoms with Crippen LogP contribution in [0.25, 0.3) is 0 Å². The fourth-order valence-electron chi connectivity index (χ4n) is 2.27. The second-order valence-electron chi connectivity index (χ2n) is 6.33. The van der Waals surface area contributed by atoms with Gasteiger partial charge in [0.1, 0.15) is 5.75 Å². The average Bonchev–Trinajstić information content (AvgIpc) is 2.56. The third kappa shape index (κ3) is 8.70. The van der Waals surface area contributed by atoms with E-state index < -0.39 is 5.97 Å². The van der Waals surface area contributed by atoms with E-state index in [1.54, 1.807) is 12.1 Å². The molecule has 0 radical (unpaired) electrons. The Hall–Kier alpha value is -1.84. The van der Waals surface area contributed by atoms with Crippen LogP contribution in [0.15, 0.2) is 24.3 Å². The molecule has 0 amide bonds. The molecule has 134 valence electrons. The number of benzene rings is 1. The summed E-state index contributed by atoms with van der Waals surface area (Å²) in [4.78, 5) is 23.3. The van der Waals surface area contributed by atoms with Gasteiger partial charge < -0.3 is 9.47 Å². The predicted molar refractivity (Wildman–Crippen MR) is 95.1 cm³/mol. The SMILES string of the molecule is CCCCCCCOC(=O)CCC(=O)Oc1ccc(C(C)C)cc1. The highest BCUT2D eigenvalue weighted by molar-refractivity contribution is 5.79. The van der Waals surface area contributed by atoms with Crippen LogP contribution in [-0.4, -0.2) is 18.5 Å². The van der Waals surface area contributed by atoms with E-state index in [0.717, 1.165) is 12.8 Å². The zero-order valence-electron chi connectivity index (χ0n) is 15.2. The van der Waals surface area contributed by atoms with Crippen LogP contribution >= 0.6 is 0 Å².